The van der Waals surface area contributed by atoms with Crippen LogP contribution in [-0.2, 0) is 5.41 Å². The Balaban J connectivity index is 1.27. The van der Waals surface area contributed by atoms with E-state index in [2.05, 4.69) is 5.32 Å². The lowest BCUT2D eigenvalue weighted by Gasteiger charge is -2.34. The molecular weight excluding hydrogens is 365 g/mol. The second kappa shape index (κ2) is 7.31. The molecule has 2 fully saturated rings. The molecule has 0 radical (unpaired) electrons. The van der Waals surface area contributed by atoms with Crippen molar-refractivity contribution in [2.24, 2.45) is 0 Å². The predicted octanol–water partition coefficient (Wildman–Crippen LogP) is 3.09. The van der Waals surface area contributed by atoms with Gasteiger partial charge in [0, 0.05) is 38.1 Å². The van der Waals surface area contributed by atoms with E-state index in [1.54, 1.807) is 9.80 Å². The molecule has 2 heterocycles. The molecule has 27 heavy (non-hydrogen) atoms. The van der Waals surface area contributed by atoms with Gasteiger partial charge in [0.1, 0.15) is 5.82 Å². The van der Waals surface area contributed by atoms with Crippen LogP contribution in [0.1, 0.15) is 28.1 Å². The van der Waals surface area contributed by atoms with Crippen LogP contribution in [0.5, 0.6) is 0 Å². The van der Waals surface area contributed by atoms with Gasteiger partial charge in [0.2, 0.25) is 0 Å². The van der Waals surface area contributed by atoms with E-state index in [1.807, 2.05) is 29.6 Å². The number of piperazine rings is 1. The van der Waals surface area contributed by atoms with Crippen molar-refractivity contribution >= 4 is 23.3 Å². The molecule has 1 saturated carbocycles. The summed E-state index contributed by atoms with van der Waals surface area (Å²) in [6.07, 6.45) is 2.00. The van der Waals surface area contributed by atoms with Gasteiger partial charge in [-0.25, -0.2) is 9.18 Å². The third-order valence-corrected chi connectivity index (χ3v) is 6.33. The molecular formula is C20H22FN3O2S. The Morgan fingerprint density at radius 3 is 2.30 bits per heavy atom. The molecule has 5 nitrogen and oxygen atoms in total. The SMILES string of the molecule is O=C(NCC1(c2ccc(F)cc2)CC1)N1CCN(C(=O)c2cccs2)CC1. The summed E-state index contributed by atoms with van der Waals surface area (Å²) in [5, 5.41) is 4.93. The largest absolute Gasteiger partial charge is 0.337 e. The standard InChI is InChI=1S/C20H22FN3O2S/c21-16-5-3-15(4-6-16)20(7-8-20)14-22-19(26)24-11-9-23(10-12-24)18(25)17-2-1-13-27-17/h1-6,13H,7-12,14H2,(H,22,26). The van der Waals surface area contributed by atoms with Crippen LogP contribution in [0.25, 0.3) is 0 Å². The van der Waals surface area contributed by atoms with Crippen molar-refractivity contribution in [1.82, 2.24) is 15.1 Å². The molecule has 0 atom stereocenters. The van der Waals surface area contributed by atoms with Crippen LogP contribution >= 0.6 is 11.3 Å². The average Bonchev–Trinajstić information content (AvgIpc) is 3.29. The highest BCUT2D eigenvalue weighted by atomic mass is 32.1. The maximum absolute atomic E-state index is 13.1. The lowest BCUT2D eigenvalue weighted by molar-refractivity contribution is 0.0669. The summed E-state index contributed by atoms with van der Waals surface area (Å²) >= 11 is 1.44. The molecule has 1 aromatic heterocycles. The Hall–Kier alpha value is -2.41. The highest BCUT2D eigenvalue weighted by Crippen LogP contribution is 2.47. The number of hydrogen-bond donors (Lipinski definition) is 1. The van der Waals surface area contributed by atoms with Crippen molar-refractivity contribution in [3.63, 3.8) is 0 Å². The van der Waals surface area contributed by atoms with Gasteiger partial charge >= 0.3 is 6.03 Å². The molecule has 7 heteroatoms. The van der Waals surface area contributed by atoms with Crippen molar-refractivity contribution in [2.75, 3.05) is 32.7 Å². The zero-order valence-electron chi connectivity index (χ0n) is 15.0. The monoisotopic (exact) mass is 387 g/mol. The molecule has 1 aromatic carbocycles. The third-order valence-electron chi connectivity index (χ3n) is 5.47. The van der Waals surface area contributed by atoms with Crippen molar-refractivity contribution in [3.05, 3.63) is 58.0 Å². The Morgan fingerprint density at radius 1 is 1.04 bits per heavy atom. The first kappa shape index (κ1) is 18.0. The highest BCUT2D eigenvalue weighted by Gasteiger charge is 2.44. The molecule has 1 N–H and O–H groups in total. The van der Waals surface area contributed by atoms with Crippen LogP contribution in [-0.4, -0.2) is 54.5 Å². The van der Waals surface area contributed by atoms with Gasteiger partial charge in [-0.05, 0) is 42.0 Å². The summed E-state index contributed by atoms with van der Waals surface area (Å²) in [4.78, 5) is 29.2. The van der Waals surface area contributed by atoms with E-state index >= 15 is 0 Å². The Bertz CT molecular complexity index is 810. The number of nitrogens with one attached hydrogen (secondary N) is 1. The first-order valence-electron chi connectivity index (χ1n) is 9.19. The quantitative estimate of drug-likeness (QED) is 0.877. The second-order valence-corrected chi connectivity index (χ2v) is 8.15. The number of benzene rings is 1. The van der Waals surface area contributed by atoms with Crippen molar-refractivity contribution in [3.8, 4) is 0 Å². The molecule has 1 aliphatic carbocycles. The summed E-state index contributed by atoms with van der Waals surface area (Å²) in [5.41, 5.74) is 1.02. The maximum Gasteiger partial charge on any atom is 0.317 e. The zero-order chi connectivity index (χ0) is 18.9. The van der Waals surface area contributed by atoms with Crippen LogP contribution in [0.3, 0.4) is 0 Å². The van der Waals surface area contributed by atoms with Crippen molar-refractivity contribution in [1.29, 1.82) is 0 Å². The van der Waals surface area contributed by atoms with Gasteiger partial charge in [0.05, 0.1) is 4.88 Å². The van der Waals surface area contributed by atoms with E-state index in [4.69, 9.17) is 0 Å². The molecule has 142 valence electrons. The summed E-state index contributed by atoms with van der Waals surface area (Å²) in [5.74, 6) is -0.202. The van der Waals surface area contributed by atoms with Gasteiger partial charge in [-0.3, -0.25) is 4.79 Å². The number of carbonyl (C=O) groups is 2. The minimum atomic E-state index is -0.242. The molecule has 2 aliphatic rings. The maximum atomic E-state index is 13.1. The van der Waals surface area contributed by atoms with E-state index in [-0.39, 0.29) is 23.2 Å². The van der Waals surface area contributed by atoms with E-state index in [9.17, 15) is 14.0 Å². The van der Waals surface area contributed by atoms with Crippen LogP contribution in [0.15, 0.2) is 41.8 Å². The lowest BCUT2D eigenvalue weighted by Crippen LogP contribution is -2.53. The van der Waals surface area contributed by atoms with E-state index in [0.717, 1.165) is 23.3 Å². The number of amides is 3. The van der Waals surface area contributed by atoms with Gasteiger partial charge in [0.15, 0.2) is 0 Å². The molecule has 1 saturated heterocycles. The first-order chi connectivity index (χ1) is 13.1. The van der Waals surface area contributed by atoms with Crippen LogP contribution in [0.2, 0.25) is 0 Å². The van der Waals surface area contributed by atoms with Gasteiger partial charge in [-0.15, -0.1) is 11.3 Å². The molecule has 0 spiro atoms. The van der Waals surface area contributed by atoms with Crippen molar-refractivity contribution < 1.29 is 14.0 Å². The molecule has 3 amide bonds. The molecule has 2 aromatic rings. The fraction of sp³-hybridized carbons (Fsp3) is 0.400. The van der Waals surface area contributed by atoms with Gasteiger partial charge in [-0.1, -0.05) is 18.2 Å². The topological polar surface area (TPSA) is 52.7 Å². The molecule has 1 aliphatic heterocycles. The summed E-state index contributed by atoms with van der Waals surface area (Å²) in [6, 6.07) is 10.2. The zero-order valence-corrected chi connectivity index (χ0v) is 15.8. The van der Waals surface area contributed by atoms with E-state index < -0.39 is 0 Å². The fourth-order valence-electron chi connectivity index (χ4n) is 3.55. The number of carbonyl (C=O) groups excluding carboxylic acids is 2. The fourth-order valence-corrected chi connectivity index (χ4v) is 4.24. The van der Waals surface area contributed by atoms with Crippen LogP contribution in [0.4, 0.5) is 9.18 Å². The van der Waals surface area contributed by atoms with Gasteiger partial charge in [-0.2, -0.15) is 0 Å². The van der Waals surface area contributed by atoms with Crippen LogP contribution < -0.4 is 5.32 Å². The van der Waals surface area contributed by atoms with Crippen molar-refractivity contribution in [2.45, 2.75) is 18.3 Å². The first-order valence-corrected chi connectivity index (χ1v) is 10.1. The number of thiophene rings is 1. The minimum Gasteiger partial charge on any atom is -0.337 e. The van der Waals surface area contributed by atoms with Gasteiger partial charge < -0.3 is 15.1 Å². The normalized spacial score (nSPS) is 18.3. The predicted molar refractivity (Wildman–Crippen MR) is 103 cm³/mol. The summed E-state index contributed by atoms with van der Waals surface area (Å²) < 4.78 is 13.1. The number of rotatable bonds is 4. The van der Waals surface area contributed by atoms with E-state index in [0.29, 0.717) is 32.7 Å². The molecule has 0 bridgehead atoms. The Kier molecular flexibility index (Phi) is 4.86. The molecule has 0 unspecified atom stereocenters. The van der Waals surface area contributed by atoms with E-state index in [1.165, 1.54) is 23.5 Å². The average molecular weight is 387 g/mol. The smallest absolute Gasteiger partial charge is 0.317 e. The number of hydrogen-bond acceptors (Lipinski definition) is 3. The minimum absolute atomic E-state index is 0.0401. The lowest BCUT2D eigenvalue weighted by atomic mass is 9.96. The number of nitrogens with zero attached hydrogens (tertiary/aromatic N) is 2. The van der Waals surface area contributed by atoms with Crippen LogP contribution in [0, 0.1) is 5.82 Å². The summed E-state index contributed by atoms with van der Waals surface area (Å²) in [7, 11) is 0. The Morgan fingerprint density at radius 2 is 1.70 bits per heavy atom. The highest BCUT2D eigenvalue weighted by molar-refractivity contribution is 7.12. The number of urea groups is 1. The molecule has 4 rings (SSSR count). The summed E-state index contributed by atoms with van der Waals surface area (Å²) in [6.45, 7) is 2.73. The second-order valence-electron chi connectivity index (χ2n) is 7.20. The Labute approximate surface area is 161 Å². The number of halogens is 1. The van der Waals surface area contributed by atoms with Gasteiger partial charge in [0.25, 0.3) is 5.91 Å². The third kappa shape index (κ3) is 3.83.